The summed E-state index contributed by atoms with van der Waals surface area (Å²) in [6, 6.07) is 5.93. The molecule has 0 aliphatic heterocycles. The minimum Gasteiger partial charge on any atom is -0.403 e. The van der Waals surface area contributed by atoms with Crippen LogP contribution in [0.1, 0.15) is 104 Å². The van der Waals surface area contributed by atoms with Crippen LogP contribution >= 0.6 is 0 Å². The van der Waals surface area contributed by atoms with Crippen LogP contribution in [0.4, 0.5) is 39.5 Å². The van der Waals surface area contributed by atoms with Crippen LogP contribution in [0.3, 0.4) is 0 Å². The number of ether oxygens (including phenoxy) is 1. The van der Waals surface area contributed by atoms with Gasteiger partial charge in [-0.2, -0.15) is 4.39 Å². The molecule has 1 nitrogen and oxygen atoms in total. The fraction of sp³-hybridized carbons (Fsp3) is 0.486. The summed E-state index contributed by atoms with van der Waals surface area (Å²) in [6.45, 7) is 2.01. The maximum Gasteiger partial charge on any atom is 0.573 e. The van der Waals surface area contributed by atoms with Gasteiger partial charge in [0.1, 0.15) is 23.3 Å². The van der Waals surface area contributed by atoms with Crippen molar-refractivity contribution in [1.82, 2.24) is 0 Å². The number of halogens is 9. The lowest BCUT2D eigenvalue weighted by Crippen LogP contribution is -2.21. The number of alkyl halides is 3. The zero-order chi connectivity index (χ0) is 32.5. The lowest BCUT2D eigenvalue weighted by Gasteiger charge is -2.32. The molecule has 3 aromatic carbocycles. The quantitative estimate of drug-likeness (QED) is 0.211. The highest BCUT2D eigenvalue weighted by Crippen LogP contribution is 2.45. The molecular formula is C35H35F9O. The van der Waals surface area contributed by atoms with Gasteiger partial charge in [-0.15, -0.1) is 13.2 Å². The Morgan fingerprint density at radius 2 is 1.42 bits per heavy atom. The van der Waals surface area contributed by atoms with Crippen LogP contribution in [0.25, 0.3) is 0 Å². The minimum absolute atomic E-state index is 0.0133. The van der Waals surface area contributed by atoms with E-state index in [0.29, 0.717) is 48.8 Å². The van der Waals surface area contributed by atoms with Crippen molar-refractivity contribution in [2.75, 3.05) is 0 Å². The van der Waals surface area contributed by atoms with Gasteiger partial charge in [-0.05, 0) is 135 Å². The molecule has 0 heterocycles. The van der Waals surface area contributed by atoms with E-state index < -0.39 is 58.9 Å². The predicted molar refractivity (Wildman–Crippen MR) is 152 cm³/mol. The van der Waals surface area contributed by atoms with Crippen molar-refractivity contribution < 1.29 is 44.3 Å². The molecule has 244 valence electrons. The average Bonchev–Trinajstić information content (AvgIpc) is 2.98. The van der Waals surface area contributed by atoms with Crippen molar-refractivity contribution in [3.63, 3.8) is 0 Å². The van der Waals surface area contributed by atoms with Crippen LogP contribution in [0.5, 0.6) is 5.75 Å². The number of rotatable bonds is 9. The van der Waals surface area contributed by atoms with Gasteiger partial charge in [-0.1, -0.05) is 19.4 Å². The minimum atomic E-state index is -5.17. The summed E-state index contributed by atoms with van der Waals surface area (Å²) in [4.78, 5) is 0. The maximum absolute atomic E-state index is 15.8. The Kier molecular flexibility index (Phi) is 10.1. The van der Waals surface area contributed by atoms with Gasteiger partial charge in [-0.25, -0.2) is 22.0 Å². The van der Waals surface area contributed by atoms with E-state index in [1.54, 1.807) is 0 Å². The van der Waals surface area contributed by atoms with Gasteiger partial charge >= 0.3 is 6.36 Å². The summed E-state index contributed by atoms with van der Waals surface area (Å²) < 4.78 is 130. The van der Waals surface area contributed by atoms with E-state index in [-0.39, 0.29) is 54.7 Å². The van der Waals surface area contributed by atoms with Gasteiger partial charge in [0, 0.05) is 11.1 Å². The second-order valence-electron chi connectivity index (χ2n) is 12.4. The van der Waals surface area contributed by atoms with E-state index >= 15 is 8.78 Å². The topological polar surface area (TPSA) is 9.23 Å². The number of benzene rings is 3. The molecule has 0 spiro atoms. The third-order valence-electron chi connectivity index (χ3n) is 9.46. The van der Waals surface area contributed by atoms with Gasteiger partial charge in [0.2, 0.25) is 5.82 Å². The van der Waals surface area contributed by atoms with E-state index in [4.69, 9.17) is 0 Å². The first kappa shape index (κ1) is 33.2. The monoisotopic (exact) mass is 642 g/mol. The third-order valence-corrected chi connectivity index (χ3v) is 9.46. The van der Waals surface area contributed by atoms with Crippen LogP contribution < -0.4 is 4.74 Å². The van der Waals surface area contributed by atoms with Gasteiger partial charge in [-0.3, -0.25) is 0 Å². The molecule has 0 saturated heterocycles. The molecule has 45 heavy (non-hydrogen) atoms. The second kappa shape index (κ2) is 13.7. The Hall–Kier alpha value is -3.17. The van der Waals surface area contributed by atoms with E-state index in [2.05, 4.69) is 4.74 Å². The van der Waals surface area contributed by atoms with Gasteiger partial charge in [0.25, 0.3) is 0 Å². The van der Waals surface area contributed by atoms with E-state index in [9.17, 15) is 30.7 Å². The maximum atomic E-state index is 15.8. The fourth-order valence-corrected chi connectivity index (χ4v) is 7.09. The summed E-state index contributed by atoms with van der Waals surface area (Å²) in [5.74, 6) is -7.81. The van der Waals surface area contributed by atoms with Crippen molar-refractivity contribution in [2.45, 2.75) is 102 Å². The Morgan fingerprint density at radius 3 is 2.07 bits per heavy atom. The zero-order valence-corrected chi connectivity index (χ0v) is 24.9. The van der Waals surface area contributed by atoms with E-state index in [1.165, 1.54) is 18.2 Å². The third kappa shape index (κ3) is 7.46. The SMILES string of the molecule is CCCCc1cc(F)c(CCC2CCc3c(cc(F)c(C4CCC(c5ccc(OC(F)(F)F)c(F)c5F)CC4)c3F)C2)c(F)c1. The smallest absolute Gasteiger partial charge is 0.403 e. The molecule has 0 bridgehead atoms. The zero-order valence-electron chi connectivity index (χ0n) is 24.9. The average molecular weight is 643 g/mol. The Labute approximate surface area is 256 Å². The highest BCUT2D eigenvalue weighted by atomic mass is 19.4. The molecule has 2 aliphatic carbocycles. The molecule has 2 aliphatic rings. The largest absolute Gasteiger partial charge is 0.573 e. The van der Waals surface area contributed by atoms with Crippen LogP contribution in [0, 0.1) is 40.8 Å². The summed E-state index contributed by atoms with van der Waals surface area (Å²) in [5, 5.41) is 0. The van der Waals surface area contributed by atoms with Crippen molar-refractivity contribution >= 4 is 0 Å². The first-order valence-electron chi connectivity index (χ1n) is 15.6. The van der Waals surface area contributed by atoms with Gasteiger partial charge in [0.15, 0.2) is 11.6 Å². The Bertz CT molecular complexity index is 1500. The molecule has 0 aromatic heterocycles. The van der Waals surface area contributed by atoms with Crippen LogP contribution in [0.2, 0.25) is 0 Å². The molecule has 0 N–H and O–H groups in total. The van der Waals surface area contributed by atoms with Crippen molar-refractivity contribution in [2.24, 2.45) is 5.92 Å². The summed E-state index contributed by atoms with van der Waals surface area (Å²) in [7, 11) is 0. The molecule has 10 heteroatoms. The molecule has 1 atom stereocenters. The molecule has 0 amide bonds. The summed E-state index contributed by atoms with van der Waals surface area (Å²) in [5.41, 5.74) is 1.54. The number of hydrogen-bond acceptors (Lipinski definition) is 1. The van der Waals surface area contributed by atoms with Crippen LogP contribution in [0.15, 0.2) is 30.3 Å². The predicted octanol–water partition coefficient (Wildman–Crippen LogP) is 10.9. The van der Waals surface area contributed by atoms with Gasteiger partial charge < -0.3 is 4.74 Å². The fourth-order valence-electron chi connectivity index (χ4n) is 7.09. The number of hydrogen-bond donors (Lipinski definition) is 0. The number of aryl methyl sites for hydroxylation is 1. The summed E-state index contributed by atoms with van der Waals surface area (Å²) >= 11 is 0. The Morgan fingerprint density at radius 1 is 0.756 bits per heavy atom. The van der Waals surface area contributed by atoms with Gasteiger partial charge in [0.05, 0.1) is 0 Å². The van der Waals surface area contributed by atoms with E-state index in [1.807, 2.05) is 6.92 Å². The standard InChI is InChI=1S/C35H35F9O/c1-2-3-4-20-16-27(36)26(28(37)17-20)12-6-19-5-11-25-23(15-19)18-29(38)31(32(25)39)22-9-7-21(8-10-22)24-13-14-30(34(41)33(24)40)45-35(42,43)44/h13-14,16-19,21-22H,2-12,15H2,1H3. The molecule has 1 fully saturated rings. The number of fused-ring (bicyclic) bond motifs is 1. The normalized spacial score (nSPS) is 20.3. The highest BCUT2D eigenvalue weighted by Gasteiger charge is 2.35. The lowest BCUT2D eigenvalue weighted by molar-refractivity contribution is -0.275. The van der Waals surface area contributed by atoms with Crippen molar-refractivity contribution in [1.29, 1.82) is 0 Å². The molecular weight excluding hydrogens is 607 g/mol. The molecule has 1 unspecified atom stereocenters. The van der Waals surface area contributed by atoms with Crippen molar-refractivity contribution in [3.05, 3.63) is 98.6 Å². The Balaban J connectivity index is 1.23. The number of unbranched alkanes of at least 4 members (excludes halogenated alkanes) is 1. The molecule has 3 aromatic rings. The lowest BCUT2D eigenvalue weighted by atomic mass is 9.74. The molecule has 5 rings (SSSR count). The summed E-state index contributed by atoms with van der Waals surface area (Å²) in [6.07, 6.45) is 0.361. The second-order valence-corrected chi connectivity index (χ2v) is 12.4. The van der Waals surface area contributed by atoms with Crippen LogP contribution in [-0.2, 0) is 25.7 Å². The first-order chi connectivity index (χ1) is 21.4. The first-order valence-corrected chi connectivity index (χ1v) is 15.6. The molecule has 1 saturated carbocycles. The highest BCUT2D eigenvalue weighted by molar-refractivity contribution is 5.40. The molecule has 0 radical (unpaired) electrons. The van der Waals surface area contributed by atoms with Crippen LogP contribution in [-0.4, -0.2) is 6.36 Å². The van der Waals surface area contributed by atoms with Crippen molar-refractivity contribution in [3.8, 4) is 5.75 Å². The van der Waals surface area contributed by atoms with E-state index in [0.717, 1.165) is 25.0 Å².